The van der Waals surface area contributed by atoms with E-state index >= 15 is 0 Å². The fourth-order valence-electron chi connectivity index (χ4n) is 2.18. The average Bonchev–Trinajstić information content (AvgIpc) is 2.42. The molecular formula is C15H19NO2. The molecule has 0 saturated heterocycles. The Bertz CT molecular complexity index is 423. The van der Waals surface area contributed by atoms with Crippen molar-refractivity contribution >= 4 is 12.0 Å². The van der Waals surface area contributed by atoms with Gasteiger partial charge in [-0.05, 0) is 30.5 Å². The minimum Gasteiger partial charge on any atom is -0.497 e. The summed E-state index contributed by atoms with van der Waals surface area (Å²) in [5, 5.41) is 0. The molecule has 1 aliphatic rings. The normalized spacial score (nSPS) is 20.3. The van der Waals surface area contributed by atoms with Crippen molar-refractivity contribution in [3.05, 3.63) is 29.8 Å². The molecule has 1 aromatic carbocycles. The molecule has 0 aromatic heterocycles. The van der Waals surface area contributed by atoms with Crippen LogP contribution >= 0.6 is 0 Å². The van der Waals surface area contributed by atoms with Gasteiger partial charge in [-0.3, -0.25) is 9.79 Å². The van der Waals surface area contributed by atoms with Crippen molar-refractivity contribution in [2.24, 2.45) is 10.9 Å². The molecule has 0 amide bonds. The second-order valence-electron chi connectivity index (χ2n) is 4.66. The van der Waals surface area contributed by atoms with Crippen LogP contribution in [-0.4, -0.2) is 19.1 Å². The summed E-state index contributed by atoms with van der Waals surface area (Å²) in [4.78, 5) is 16.0. The van der Waals surface area contributed by atoms with Gasteiger partial charge in [0.15, 0.2) is 0 Å². The number of ether oxygens (including phenoxy) is 1. The third-order valence-electron chi connectivity index (χ3n) is 3.32. The molecule has 2 rings (SSSR count). The van der Waals surface area contributed by atoms with E-state index in [1.165, 1.54) is 0 Å². The van der Waals surface area contributed by atoms with E-state index < -0.39 is 0 Å². The van der Waals surface area contributed by atoms with Crippen LogP contribution in [0.5, 0.6) is 5.75 Å². The number of rotatable bonds is 4. The molecule has 3 nitrogen and oxygen atoms in total. The molecule has 1 aromatic rings. The number of hydrogen-bond acceptors (Lipinski definition) is 3. The zero-order chi connectivity index (χ0) is 12.8. The van der Waals surface area contributed by atoms with Crippen LogP contribution in [0.1, 0.15) is 31.2 Å². The van der Waals surface area contributed by atoms with Crippen molar-refractivity contribution in [1.29, 1.82) is 0 Å². The van der Waals surface area contributed by atoms with Gasteiger partial charge in [0, 0.05) is 12.6 Å². The number of methoxy groups -OCH3 is 1. The molecule has 0 N–H and O–H groups in total. The molecule has 0 bridgehead atoms. The molecule has 18 heavy (non-hydrogen) atoms. The van der Waals surface area contributed by atoms with E-state index in [9.17, 15) is 4.79 Å². The van der Waals surface area contributed by atoms with E-state index in [4.69, 9.17) is 4.74 Å². The molecule has 1 fully saturated rings. The summed E-state index contributed by atoms with van der Waals surface area (Å²) in [7, 11) is 1.65. The largest absolute Gasteiger partial charge is 0.497 e. The lowest BCUT2D eigenvalue weighted by Gasteiger charge is -2.15. The van der Waals surface area contributed by atoms with Gasteiger partial charge >= 0.3 is 0 Å². The Hall–Kier alpha value is -1.64. The maximum Gasteiger partial charge on any atom is 0.141 e. The number of nitrogens with zero attached hydrogens (tertiary/aromatic N) is 1. The number of hydrogen-bond donors (Lipinski definition) is 0. The van der Waals surface area contributed by atoms with Crippen LogP contribution in [0, 0.1) is 5.92 Å². The number of Topliss-reactive ketones (excluding diaryl/α,β-unsaturated/α-hetero) is 1. The molecule has 1 atom stereocenters. The van der Waals surface area contributed by atoms with Gasteiger partial charge in [-0.1, -0.05) is 18.6 Å². The summed E-state index contributed by atoms with van der Waals surface area (Å²) >= 11 is 0. The Labute approximate surface area is 108 Å². The van der Waals surface area contributed by atoms with Gasteiger partial charge in [-0.2, -0.15) is 0 Å². The fraction of sp³-hybridized carbons (Fsp3) is 0.467. The molecule has 0 aliphatic heterocycles. The van der Waals surface area contributed by atoms with Crippen LogP contribution in [0.15, 0.2) is 29.3 Å². The van der Waals surface area contributed by atoms with Gasteiger partial charge in [0.2, 0.25) is 0 Å². The van der Waals surface area contributed by atoms with Crippen molar-refractivity contribution in [2.45, 2.75) is 32.2 Å². The average molecular weight is 245 g/mol. The van der Waals surface area contributed by atoms with Crippen LogP contribution in [0.3, 0.4) is 0 Å². The number of carbonyl (C=O) groups excluding carboxylic acids is 1. The van der Waals surface area contributed by atoms with E-state index in [0.29, 0.717) is 12.3 Å². The highest BCUT2D eigenvalue weighted by Gasteiger charge is 2.19. The molecule has 3 heteroatoms. The number of carbonyl (C=O) groups is 1. The number of aliphatic imine (C=N–C) groups is 1. The third kappa shape index (κ3) is 3.42. The lowest BCUT2D eigenvalue weighted by molar-refractivity contribution is -0.122. The zero-order valence-corrected chi connectivity index (χ0v) is 10.8. The van der Waals surface area contributed by atoms with Crippen LogP contribution in [0.4, 0.5) is 0 Å². The molecule has 96 valence electrons. The molecule has 1 unspecified atom stereocenters. The van der Waals surface area contributed by atoms with Crippen molar-refractivity contribution < 1.29 is 9.53 Å². The Kier molecular flexibility index (Phi) is 4.51. The van der Waals surface area contributed by atoms with Crippen LogP contribution in [-0.2, 0) is 11.3 Å². The molecule has 0 spiro atoms. The van der Waals surface area contributed by atoms with Crippen molar-refractivity contribution in [1.82, 2.24) is 0 Å². The second kappa shape index (κ2) is 6.34. The highest BCUT2D eigenvalue weighted by atomic mass is 16.5. The van der Waals surface area contributed by atoms with Gasteiger partial charge in [0.1, 0.15) is 11.5 Å². The quantitative estimate of drug-likeness (QED) is 0.765. The first-order chi connectivity index (χ1) is 8.79. The molecule has 1 aliphatic carbocycles. The summed E-state index contributed by atoms with van der Waals surface area (Å²) in [6.45, 7) is 0.633. The summed E-state index contributed by atoms with van der Waals surface area (Å²) < 4.78 is 5.10. The van der Waals surface area contributed by atoms with Gasteiger partial charge < -0.3 is 4.74 Å². The lowest BCUT2D eigenvalue weighted by Crippen LogP contribution is -2.20. The zero-order valence-electron chi connectivity index (χ0n) is 10.8. The third-order valence-corrected chi connectivity index (χ3v) is 3.32. The monoisotopic (exact) mass is 245 g/mol. The summed E-state index contributed by atoms with van der Waals surface area (Å²) in [6, 6.07) is 7.85. The predicted octanol–water partition coefficient (Wildman–Crippen LogP) is 3.03. The molecule has 0 heterocycles. The Morgan fingerprint density at radius 1 is 1.33 bits per heavy atom. The van der Waals surface area contributed by atoms with E-state index in [1.54, 1.807) is 7.11 Å². The van der Waals surface area contributed by atoms with Crippen molar-refractivity contribution in [3.8, 4) is 5.75 Å². The van der Waals surface area contributed by atoms with Gasteiger partial charge in [0.25, 0.3) is 0 Å². The van der Waals surface area contributed by atoms with E-state index in [-0.39, 0.29) is 5.92 Å². The van der Waals surface area contributed by atoms with Gasteiger partial charge in [-0.25, -0.2) is 0 Å². The summed E-state index contributed by atoms with van der Waals surface area (Å²) in [5.41, 5.74) is 1.13. The Balaban J connectivity index is 1.87. The number of benzene rings is 1. The SMILES string of the molecule is COc1ccc(CN=CC2CCCCC2=O)cc1. The standard InChI is InChI=1S/C15H19NO2/c1-18-14-8-6-12(7-9-14)10-16-11-13-4-2-3-5-15(13)17/h6-9,11,13H,2-5,10H2,1H3. The van der Waals surface area contributed by atoms with Crippen molar-refractivity contribution in [2.75, 3.05) is 7.11 Å². The lowest BCUT2D eigenvalue weighted by atomic mass is 9.89. The smallest absolute Gasteiger partial charge is 0.141 e. The fourth-order valence-corrected chi connectivity index (χ4v) is 2.18. The highest BCUT2D eigenvalue weighted by molar-refractivity contribution is 5.95. The van der Waals surface area contributed by atoms with Gasteiger partial charge in [0.05, 0.1) is 19.6 Å². The number of ketones is 1. The molecule has 0 radical (unpaired) electrons. The first-order valence-electron chi connectivity index (χ1n) is 6.45. The minimum atomic E-state index is 0.0528. The van der Waals surface area contributed by atoms with Crippen molar-refractivity contribution in [3.63, 3.8) is 0 Å². The maximum absolute atomic E-state index is 11.6. The van der Waals surface area contributed by atoms with Crippen LogP contribution in [0.2, 0.25) is 0 Å². The summed E-state index contributed by atoms with van der Waals surface area (Å²) in [6.07, 6.45) is 5.71. The van der Waals surface area contributed by atoms with Crippen LogP contribution in [0.25, 0.3) is 0 Å². The van der Waals surface area contributed by atoms with Gasteiger partial charge in [-0.15, -0.1) is 0 Å². The molecule has 1 saturated carbocycles. The maximum atomic E-state index is 11.6. The van der Waals surface area contributed by atoms with E-state index in [1.807, 2.05) is 30.5 Å². The first-order valence-corrected chi connectivity index (χ1v) is 6.45. The van der Waals surface area contributed by atoms with E-state index in [0.717, 1.165) is 37.0 Å². The molecular weight excluding hydrogens is 226 g/mol. The Morgan fingerprint density at radius 3 is 2.78 bits per heavy atom. The van der Waals surface area contributed by atoms with Crippen LogP contribution < -0.4 is 4.74 Å². The predicted molar refractivity (Wildman–Crippen MR) is 72.2 cm³/mol. The highest BCUT2D eigenvalue weighted by Crippen LogP contribution is 2.19. The Morgan fingerprint density at radius 2 is 2.11 bits per heavy atom. The van der Waals surface area contributed by atoms with E-state index in [2.05, 4.69) is 4.99 Å². The second-order valence-corrected chi connectivity index (χ2v) is 4.66. The first kappa shape index (κ1) is 12.8. The summed E-state index contributed by atoms with van der Waals surface area (Å²) in [5.74, 6) is 1.25. The minimum absolute atomic E-state index is 0.0528. The topological polar surface area (TPSA) is 38.7 Å².